The Hall–Kier alpha value is -1.42. The summed E-state index contributed by atoms with van der Waals surface area (Å²) in [7, 11) is 0. The predicted octanol–water partition coefficient (Wildman–Crippen LogP) is 3.75. The van der Waals surface area contributed by atoms with Crippen LogP contribution in [-0.2, 0) is 11.2 Å². The molecule has 1 saturated carbocycles. The lowest BCUT2D eigenvalue weighted by Crippen LogP contribution is -2.48. The van der Waals surface area contributed by atoms with Gasteiger partial charge in [-0.15, -0.1) is 0 Å². The van der Waals surface area contributed by atoms with Crippen LogP contribution in [0.4, 0.5) is 4.39 Å². The van der Waals surface area contributed by atoms with E-state index in [0.29, 0.717) is 6.42 Å². The van der Waals surface area contributed by atoms with Crippen LogP contribution < -0.4 is 0 Å². The number of carbonyl (C=O) groups is 1. The number of hydrogen-bond donors (Lipinski definition) is 1. The van der Waals surface area contributed by atoms with Crippen LogP contribution in [0.15, 0.2) is 18.2 Å². The van der Waals surface area contributed by atoms with Crippen molar-refractivity contribution in [2.75, 3.05) is 0 Å². The molecule has 2 atom stereocenters. The van der Waals surface area contributed by atoms with Gasteiger partial charge >= 0.3 is 0 Å². The molecule has 1 aromatic rings. The summed E-state index contributed by atoms with van der Waals surface area (Å²) in [6.45, 7) is 4.00. The Kier molecular flexibility index (Phi) is 4.45. The lowest BCUT2D eigenvalue weighted by Gasteiger charge is -2.42. The van der Waals surface area contributed by atoms with Crippen LogP contribution >= 0.6 is 0 Å². The standard InChI is InChI=1S/C19H26FNO2/c1-13-10-15-11-16(20)6-7-17(15)14(2)21(13)18(22)12-19(23)8-4-3-5-9-19/h6-7,11,13-14,23H,3-5,8-10,12H2,1-2H3/t13-,14+/m0/s1. The molecule has 4 heteroatoms. The minimum Gasteiger partial charge on any atom is -0.389 e. The third kappa shape index (κ3) is 3.27. The molecular formula is C19H26FNO2. The molecule has 0 aromatic heterocycles. The average Bonchev–Trinajstić information content (AvgIpc) is 2.46. The first-order chi connectivity index (χ1) is 10.9. The number of aliphatic hydroxyl groups is 1. The third-order valence-corrected chi connectivity index (χ3v) is 5.52. The molecule has 0 bridgehead atoms. The summed E-state index contributed by atoms with van der Waals surface area (Å²) in [4.78, 5) is 14.7. The minimum absolute atomic E-state index is 0.0179. The van der Waals surface area contributed by atoms with Gasteiger partial charge in [0.25, 0.3) is 0 Å². The maximum Gasteiger partial charge on any atom is 0.226 e. The van der Waals surface area contributed by atoms with E-state index in [2.05, 4.69) is 0 Å². The van der Waals surface area contributed by atoms with E-state index in [1.54, 1.807) is 12.1 Å². The Morgan fingerprint density at radius 1 is 1.30 bits per heavy atom. The fourth-order valence-corrected chi connectivity index (χ4v) is 4.33. The molecule has 1 amide bonds. The van der Waals surface area contributed by atoms with Crippen molar-refractivity contribution in [3.05, 3.63) is 35.1 Å². The summed E-state index contributed by atoms with van der Waals surface area (Å²) in [5.41, 5.74) is 1.18. The fraction of sp³-hybridized carbons (Fsp3) is 0.632. The Bertz CT molecular complexity index is 595. The zero-order chi connectivity index (χ0) is 16.6. The van der Waals surface area contributed by atoms with Gasteiger partial charge in [0.05, 0.1) is 18.1 Å². The number of hydrogen-bond acceptors (Lipinski definition) is 2. The Labute approximate surface area is 137 Å². The number of benzene rings is 1. The highest BCUT2D eigenvalue weighted by Crippen LogP contribution is 2.36. The molecule has 3 rings (SSSR count). The van der Waals surface area contributed by atoms with Crippen molar-refractivity contribution in [1.29, 1.82) is 0 Å². The van der Waals surface area contributed by atoms with E-state index >= 15 is 0 Å². The van der Waals surface area contributed by atoms with Crippen LogP contribution in [0.2, 0.25) is 0 Å². The van der Waals surface area contributed by atoms with Crippen molar-refractivity contribution in [3.63, 3.8) is 0 Å². The SMILES string of the molecule is C[C@@H]1c2ccc(F)cc2C[C@H](C)N1C(=O)CC1(O)CCCCC1. The molecule has 1 N–H and O–H groups in total. The number of rotatable bonds is 2. The summed E-state index contributed by atoms with van der Waals surface area (Å²) in [6.07, 6.45) is 5.45. The molecule has 3 nitrogen and oxygen atoms in total. The van der Waals surface area contributed by atoms with Gasteiger partial charge in [0.15, 0.2) is 0 Å². The molecule has 126 valence electrons. The molecule has 0 radical (unpaired) electrons. The lowest BCUT2D eigenvalue weighted by atomic mass is 9.81. The Morgan fingerprint density at radius 2 is 2.00 bits per heavy atom. The Balaban J connectivity index is 1.79. The summed E-state index contributed by atoms with van der Waals surface area (Å²) in [6, 6.07) is 4.78. The first-order valence-electron chi connectivity index (χ1n) is 8.71. The minimum atomic E-state index is -0.835. The number of carbonyl (C=O) groups excluding carboxylic acids is 1. The van der Waals surface area contributed by atoms with Crippen LogP contribution in [0.1, 0.15) is 69.5 Å². The number of nitrogens with zero attached hydrogens (tertiary/aromatic N) is 1. The third-order valence-electron chi connectivity index (χ3n) is 5.52. The van der Waals surface area contributed by atoms with E-state index in [1.807, 2.05) is 18.7 Å². The fourth-order valence-electron chi connectivity index (χ4n) is 4.33. The topological polar surface area (TPSA) is 40.5 Å². The highest BCUT2D eigenvalue weighted by Gasteiger charge is 2.38. The van der Waals surface area contributed by atoms with Crippen LogP contribution in [0.3, 0.4) is 0 Å². The summed E-state index contributed by atoms with van der Waals surface area (Å²) in [5, 5.41) is 10.7. The quantitative estimate of drug-likeness (QED) is 0.902. The second kappa shape index (κ2) is 6.23. The van der Waals surface area contributed by atoms with E-state index < -0.39 is 5.60 Å². The van der Waals surface area contributed by atoms with Crippen LogP contribution in [-0.4, -0.2) is 27.6 Å². The van der Waals surface area contributed by atoms with Gasteiger partial charge in [-0.25, -0.2) is 4.39 Å². The second-order valence-corrected chi connectivity index (χ2v) is 7.34. The van der Waals surface area contributed by atoms with Gasteiger partial charge in [0.1, 0.15) is 5.82 Å². The van der Waals surface area contributed by atoms with Gasteiger partial charge in [-0.1, -0.05) is 25.3 Å². The molecule has 0 spiro atoms. The van der Waals surface area contributed by atoms with Gasteiger partial charge < -0.3 is 10.0 Å². The van der Waals surface area contributed by atoms with Gasteiger partial charge in [-0.2, -0.15) is 0 Å². The molecule has 0 unspecified atom stereocenters. The summed E-state index contributed by atoms with van der Waals surface area (Å²) < 4.78 is 13.5. The molecule has 1 fully saturated rings. The largest absolute Gasteiger partial charge is 0.389 e. The lowest BCUT2D eigenvalue weighted by molar-refractivity contribution is -0.142. The maximum atomic E-state index is 13.5. The first-order valence-corrected chi connectivity index (χ1v) is 8.71. The number of fused-ring (bicyclic) bond motifs is 1. The maximum absolute atomic E-state index is 13.5. The first kappa shape index (κ1) is 16.4. The summed E-state index contributed by atoms with van der Waals surface area (Å²) in [5.74, 6) is -0.205. The van der Waals surface area contributed by atoms with E-state index in [1.165, 1.54) is 6.07 Å². The zero-order valence-electron chi connectivity index (χ0n) is 14.0. The monoisotopic (exact) mass is 319 g/mol. The predicted molar refractivity (Wildman–Crippen MR) is 87.5 cm³/mol. The highest BCUT2D eigenvalue weighted by atomic mass is 19.1. The van der Waals surface area contributed by atoms with Crippen molar-refractivity contribution < 1.29 is 14.3 Å². The van der Waals surface area contributed by atoms with E-state index in [9.17, 15) is 14.3 Å². The van der Waals surface area contributed by atoms with Gasteiger partial charge in [-0.05, 0) is 56.4 Å². The van der Waals surface area contributed by atoms with E-state index in [0.717, 1.165) is 43.2 Å². The van der Waals surface area contributed by atoms with E-state index in [4.69, 9.17) is 0 Å². The normalized spacial score (nSPS) is 26.7. The van der Waals surface area contributed by atoms with Gasteiger partial charge in [-0.3, -0.25) is 4.79 Å². The van der Waals surface area contributed by atoms with Crippen LogP contribution in [0, 0.1) is 5.82 Å². The second-order valence-electron chi connectivity index (χ2n) is 7.34. The van der Waals surface area contributed by atoms with Crippen molar-refractivity contribution in [2.45, 2.75) is 76.5 Å². The zero-order valence-corrected chi connectivity index (χ0v) is 14.0. The van der Waals surface area contributed by atoms with Crippen molar-refractivity contribution >= 4 is 5.91 Å². The summed E-state index contributed by atoms with van der Waals surface area (Å²) >= 11 is 0. The molecule has 1 aliphatic carbocycles. The van der Waals surface area contributed by atoms with Crippen molar-refractivity contribution in [2.24, 2.45) is 0 Å². The highest BCUT2D eigenvalue weighted by molar-refractivity contribution is 5.78. The van der Waals surface area contributed by atoms with Crippen LogP contribution in [0.25, 0.3) is 0 Å². The Morgan fingerprint density at radius 3 is 2.70 bits per heavy atom. The number of halogens is 1. The smallest absolute Gasteiger partial charge is 0.226 e. The molecule has 1 heterocycles. The average molecular weight is 319 g/mol. The molecule has 1 aliphatic heterocycles. The molecular weight excluding hydrogens is 293 g/mol. The van der Waals surface area contributed by atoms with Crippen LogP contribution in [0.5, 0.6) is 0 Å². The molecule has 2 aliphatic rings. The van der Waals surface area contributed by atoms with Crippen molar-refractivity contribution in [3.8, 4) is 0 Å². The van der Waals surface area contributed by atoms with Gasteiger partial charge in [0.2, 0.25) is 5.91 Å². The molecule has 1 aromatic carbocycles. The molecule has 23 heavy (non-hydrogen) atoms. The molecule has 0 saturated heterocycles. The number of amides is 1. The van der Waals surface area contributed by atoms with E-state index in [-0.39, 0.29) is 30.2 Å². The van der Waals surface area contributed by atoms with Gasteiger partial charge in [0, 0.05) is 6.04 Å². The van der Waals surface area contributed by atoms with Crippen molar-refractivity contribution in [1.82, 2.24) is 4.90 Å².